The minimum Gasteiger partial charge on any atom is -0.478 e. The van der Waals surface area contributed by atoms with Crippen molar-refractivity contribution in [3.8, 4) is 5.88 Å². The molecule has 3 heterocycles. The lowest BCUT2D eigenvalue weighted by atomic mass is 9.83. The first-order valence-electron chi connectivity index (χ1n) is 17.3. The van der Waals surface area contributed by atoms with Crippen molar-refractivity contribution in [3.05, 3.63) is 78.5 Å². The molecule has 12 nitrogen and oxygen atoms in total. The average molecular weight is 660 g/mol. The summed E-state index contributed by atoms with van der Waals surface area (Å²) in [6, 6.07) is 12.2. The van der Waals surface area contributed by atoms with E-state index in [0.717, 1.165) is 44.1 Å². The summed E-state index contributed by atoms with van der Waals surface area (Å²) >= 11 is 0. The maximum absolute atomic E-state index is 14.1. The van der Waals surface area contributed by atoms with Crippen molar-refractivity contribution in [1.29, 1.82) is 0 Å². The predicted octanol–water partition coefficient (Wildman–Crippen LogP) is 3.53. The standard InChI is InChI=1S/C36H49N7O5/c44-32(16-20-48-33-15-7-8-17-38-33)29(21-26-11-3-1-4-12-26)40-35(46)31(23-28-24-37-25-39-28)41-34(45)30(22-27-13-5-2-6-14-27)42-36(47)43-18-9-10-19-43/h2,5-8,13-15,17,24-26,29-32,44H,1,3-4,9-12,16,18-23H2,(H,37,39)(H,40,46)(H,41,45)(H,42,47)/t29-,30?,31?,32-/m0/s1. The van der Waals surface area contributed by atoms with Gasteiger partial charge in [-0.05, 0) is 36.8 Å². The molecule has 12 heteroatoms. The number of benzene rings is 1. The van der Waals surface area contributed by atoms with Gasteiger partial charge in [-0.15, -0.1) is 0 Å². The van der Waals surface area contributed by atoms with Gasteiger partial charge in [-0.25, -0.2) is 14.8 Å². The first-order chi connectivity index (χ1) is 23.4. The maximum atomic E-state index is 14.1. The lowest BCUT2D eigenvalue weighted by Gasteiger charge is -2.32. The Labute approximate surface area is 282 Å². The van der Waals surface area contributed by atoms with E-state index >= 15 is 0 Å². The largest absolute Gasteiger partial charge is 0.478 e. The Morgan fingerprint density at radius 1 is 0.875 bits per heavy atom. The quantitative estimate of drug-likeness (QED) is 0.157. The SMILES string of the molecule is O=C(N[C@@H](CC1CCCCC1)[C@@H](O)CCOc1ccccn1)C(Cc1c[nH]cn1)NC(=O)C(Cc1ccccc1)NC(=O)N1CCCC1. The van der Waals surface area contributed by atoms with Gasteiger partial charge in [0, 0.05) is 50.8 Å². The number of carbonyl (C=O) groups excluding carboxylic acids is 3. The van der Waals surface area contributed by atoms with Gasteiger partial charge >= 0.3 is 6.03 Å². The molecule has 258 valence electrons. The van der Waals surface area contributed by atoms with Gasteiger partial charge in [-0.1, -0.05) is 68.5 Å². The number of amides is 4. The first kappa shape index (κ1) is 34.9. The molecule has 5 N–H and O–H groups in total. The van der Waals surface area contributed by atoms with Gasteiger partial charge in [0.05, 0.1) is 30.8 Å². The van der Waals surface area contributed by atoms with Crippen molar-refractivity contribution >= 4 is 17.8 Å². The smallest absolute Gasteiger partial charge is 0.318 e. The molecular weight excluding hydrogens is 610 g/mol. The third kappa shape index (κ3) is 10.8. The number of hydrogen-bond acceptors (Lipinski definition) is 7. The number of carbonyl (C=O) groups is 3. The van der Waals surface area contributed by atoms with Crippen LogP contribution in [-0.2, 0) is 22.4 Å². The van der Waals surface area contributed by atoms with Crippen molar-refractivity contribution in [2.45, 2.75) is 94.9 Å². The van der Waals surface area contributed by atoms with Gasteiger partial charge < -0.3 is 35.7 Å². The lowest BCUT2D eigenvalue weighted by Crippen LogP contribution is -2.58. The molecule has 0 spiro atoms. The zero-order valence-corrected chi connectivity index (χ0v) is 27.6. The Balaban J connectivity index is 1.30. The summed E-state index contributed by atoms with van der Waals surface area (Å²) in [6.07, 6.45) is 12.7. The summed E-state index contributed by atoms with van der Waals surface area (Å²) in [7, 11) is 0. The van der Waals surface area contributed by atoms with Gasteiger partial charge in [0.1, 0.15) is 12.1 Å². The number of H-pyrrole nitrogens is 1. The molecule has 1 saturated carbocycles. The van der Waals surface area contributed by atoms with Crippen LogP contribution in [0.5, 0.6) is 5.88 Å². The number of aliphatic hydroxyl groups is 1. The van der Waals surface area contributed by atoms with Crippen molar-refractivity contribution < 1.29 is 24.2 Å². The highest BCUT2D eigenvalue weighted by Crippen LogP contribution is 2.28. The summed E-state index contributed by atoms with van der Waals surface area (Å²) in [4.78, 5) is 54.2. The molecule has 4 atom stereocenters. The number of nitrogens with one attached hydrogen (secondary N) is 4. The van der Waals surface area contributed by atoms with Crippen LogP contribution in [0.15, 0.2) is 67.3 Å². The van der Waals surface area contributed by atoms with Crippen LogP contribution in [-0.4, -0.2) is 86.7 Å². The Bertz CT molecular complexity index is 1400. The molecule has 48 heavy (non-hydrogen) atoms. The number of rotatable bonds is 16. The Kier molecular flexibility index (Phi) is 13.2. The number of aromatic nitrogens is 3. The summed E-state index contributed by atoms with van der Waals surface area (Å²) < 4.78 is 5.75. The molecule has 5 rings (SSSR count). The molecule has 0 bridgehead atoms. The third-order valence-electron chi connectivity index (χ3n) is 9.30. The summed E-state index contributed by atoms with van der Waals surface area (Å²) in [6.45, 7) is 1.53. The lowest BCUT2D eigenvalue weighted by molar-refractivity contribution is -0.131. The normalized spacial score (nSPS) is 17.6. The molecule has 1 saturated heterocycles. The fourth-order valence-electron chi connectivity index (χ4n) is 6.61. The number of aliphatic hydroxyl groups excluding tert-OH is 1. The number of pyridine rings is 1. The minimum absolute atomic E-state index is 0.133. The molecule has 3 aromatic rings. The number of urea groups is 1. The van der Waals surface area contributed by atoms with Gasteiger partial charge in [0.15, 0.2) is 0 Å². The zero-order chi connectivity index (χ0) is 33.6. The summed E-state index contributed by atoms with van der Waals surface area (Å²) in [5, 5.41) is 20.3. The van der Waals surface area contributed by atoms with Gasteiger partial charge in [-0.2, -0.15) is 0 Å². The molecular formula is C36H49N7O5. The zero-order valence-electron chi connectivity index (χ0n) is 27.6. The van der Waals surface area contributed by atoms with Crippen LogP contribution in [0, 0.1) is 5.92 Å². The van der Waals surface area contributed by atoms with Crippen molar-refractivity contribution in [3.63, 3.8) is 0 Å². The maximum Gasteiger partial charge on any atom is 0.318 e. The molecule has 2 aromatic heterocycles. The van der Waals surface area contributed by atoms with E-state index in [4.69, 9.17) is 4.74 Å². The molecule has 1 aromatic carbocycles. The second-order valence-corrected chi connectivity index (χ2v) is 12.9. The van der Waals surface area contributed by atoms with E-state index < -0.39 is 36.0 Å². The van der Waals surface area contributed by atoms with Crippen LogP contribution in [0.3, 0.4) is 0 Å². The van der Waals surface area contributed by atoms with Crippen molar-refractivity contribution in [2.75, 3.05) is 19.7 Å². The molecule has 2 fully saturated rings. The van der Waals surface area contributed by atoms with E-state index in [2.05, 4.69) is 30.9 Å². The second kappa shape index (κ2) is 18.2. The Morgan fingerprint density at radius 2 is 1.60 bits per heavy atom. The van der Waals surface area contributed by atoms with Crippen LogP contribution in [0.2, 0.25) is 0 Å². The van der Waals surface area contributed by atoms with E-state index in [-0.39, 0.29) is 25.5 Å². The van der Waals surface area contributed by atoms with Crippen LogP contribution >= 0.6 is 0 Å². The summed E-state index contributed by atoms with van der Waals surface area (Å²) in [5.74, 6) is -0.0246. The Morgan fingerprint density at radius 3 is 2.31 bits per heavy atom. The third-order valence-corrected chi connectivity index (χ3v) is 9.30. The fourth-order valence-corrected chi connectivity index (χ4v) is 6.61. The van der Waals surface area contributed by atoms with Gasteiger partial charge in [0.2, 0.25) is 17.7 Å². The Hall–Kier alpha value is -4.45. The first-order valence-corrected chi connectivity index (χ1v) is 17.3. The molecule has 1 aliphatic carbocycles. The van der Waals surface area contributed by atoms with Gasteiger partial charge in [0.25, 0.3) is 0 Å². The average Bonchev–Trinajstić information content (AvgIpc) is 3.84. The number of likely N-dealkylation sites (tertiary alicyclic amines) is 1. The van der Waals surface area contributed by atoms with Gasteiger partial charge in [-0.3, -0.25) is 9.59 Å². The van der Waals surface area contributed by atoms with E-state index in [1.807, 2.05) is 36.4 Å². The fraction of sp³-hybridized carbons (Fsp3) is 0.528. The van der Waals surface area contributed by atoms with Crippen LogP contribution in [0.25, 0.3) is 0 Å². The van der Waals surface area contributed by atoms with E-state index in [0.29, 0.717) is 43.4 Å². The van der Waals surface area contributed by atoms with Crippen molar-refractivity contribution in [1.82, 2.24) is 35.8 Å². The van der Waals surface area contributed by atoms with Crippen LogP contribution in [0.4, 0.5) is 4.79 Å². The summed E-state index contributed by atoms with van der Waals surface area (Å²) in [5.41, 5.74) is 1.49. The monoisotopic (exact) mass is 659 g/mol. The molecule has 2 unspecified atom stereocenters. The number of hydrogen-bond donors (Lipinski definition) is 5. The van der Waals surface area contributed by atoms with E-state index in [1.165, 1.54) is 12.7 Å². The number of imidazole rings is 1. The van der Waals surface area contributed by atoms with E-state index in [9.17, 15) is 19.5 Å². The van der Waals surface area contributed by atoms with E-state index in [1.54, 1.807) is 29.4 Å². The highest BCUT2D eigenvalue weighted by molar-refractivity contribution is 5.92. The molecule has 0 radical (unpaired) electrons. The van der Waals surface area contributed by atoms with Crippen LogP contribution < -0.4 is 20.7 Å². The number of ether oxygens (including phenoxy) is 1. The highest BCUT2D eigenvalue weighted by Gasteiger charge is 2.32. The number of nitrogens with zero attached hydrogens (tertiary/aromatic N) is 3. The highest BCUT2D eigenvalue weighted by atomic mass is 16.5. The predicted molar refractivity (Wildman–Crippen MR) is 181 cm³/mol. The minimum atomic E-state index is -0.992. The van der Waals surface area contributed by atoms with Crippen LogP contribution in [0.1, 0.15) is 69.0 Å². The molecule has 1 aliphatic heterocycles. The molecule has 4 amide bonds. The molecule has 2 aliphatic rings. The second-order valence-electron chi connectivity index (χ2n) is 12.9. The number of aromatic amines is 1. The topological polar surface area (TPSA) is 162 Å². The van der Waals surface area contributed by atoms with Crippen molar-refractivity contribution in [2.24, 2.45) is 5.92 Å².